The van der Waals surface area contributed by atoms with Gasteiger partial charge in [0.2, 0.25) is 5.95 Å². The number of anilines is 2. The maximum Gasteiger partial charge on any atom is 0.257 e. The number of ether oxygens (including phenoxy) is 3. The maximum absolute atomic E-state index is 5.95. The first-order chi connectivity index (χ1) is 16.2. The molecule has 9 nitrogen and oxygen atoms in total. The Morgan fingerprint density at radius 2 is 1.67 bits per heavy atom. The van der Waals surface area contributed by atoms with Crippen LogP contribution in [0.4, 0.5) is 11.6 Å². The number of nitrogens with zero attached hydrogens (tertiary/aromatic N) is 5. The van der Waals surface area contributed by atoms with Crippen LogP contribution in [-0.2, 0) is 9.47 Å². The quantitative estimate of drug-likeness (QED) is 0.497. The minimum Gasteiger partial charge on any atom is -0.473 e. The monoisotopic (exact) mass is 520 g/mol. The molecule has 1 saturated carbocycles. The number of rotatable bonds is 9. The zero-order valence-electron chi connectivity index (χ0n) is 19.2. The Bertz CT molecular complexity index is 886. The van der Waals surface area contributed by atoms with E-state index in [1.165, 1.54) is 25.7 Å². The molecule has 0 amide bonds. The van der Waals surface area contributed by atoms with E-state index in [1.807, 2.05) is 13.1 Å². The lowest BCUT2D eigenvalue weighted by molar-refractivity contribution is -0.0458. The summed E-state index contributed by atoms with van der Waals surface area (Å²) in [6.07, 6.45) is 12.7. The lowest BCUT2D eigenvalue weighted by atomic mass is 9.89. The summed E-state index contributed by atoms with van der Waals surface area (Å²) in [5.41, 5.74) is 0.780. The van der Waals surface area contributed by atoms with Crippen LogP contribution in [0.15, 0.2) is 23.1 Å². The molecule has 2 aliphatic heterocycles. The fourth-order valence-electron chi connectivity index (χ4n) is 5.47. The average Bonchev–Trinajstić information content (AvgIpc) is 3.35. The SMILES string of the molecule is CCOCCOc1nn(C2CCC(N3[C@@H]4CC[C@H]3COC4)CC2)cc1Nc1ncc(Br)cn1. The third-order valence-corrected chi connectivity index (χ3v) is 7.40. The number of morpholine rings is 1. The lowest BCUT2D eigenvalue weighted by Gasteiger charge is -2.43. The first-order valence-electron chi connectivity index (χ1n) is 12.1. The minimum absolute atomic E-state index is 0.371. The van der Waals surface area contributed by atoms with Crippen LogP contribution in [0.25, 0.3) is 0 Å². The summed E-state index contributed by atoms with van der Waals surface area (Å²) in [5, 5.41) is 8.07. The molecule has 4 heterocycles. The van der Waals surface area contributed by atoms with Crippen molar-refractivity contribution in [2.45, 2.75) is 69.6 Å². The van der Waals surface area contributed by atoms with E-state index < -0.39 is 0 Å². The third kappa shape index (κ3) is 5.34. The summed E-state index contributed by atoms with van der Waals surface area (Å²) in [4.78, 5) is 11.4. The predicted octanol–water partition coefficient (Wildman–Crippen LogP) is 3.94. The van der Waals surface area contributed by atoms with Crippen molar-refractivity contribution in [3.05, 3.63) is 23.1 Å². The first kappa shape index (κ1) is 23.0. The third-order valence-electron chi connectivity index (χ3n) is 6.99. The van der Waals surface area contributed by atoms with Crippen LogP contribution in [0.5, 0.6) is 5.88 Å². The number of hydrogen-bond donors (Lipinski definition) is 1. The number of halogens is 1. The van der Waals surface area contributed by atoms with Gasteiger partial charge < -0.3 is 19.5 Å². The molecule has 0 spiro atoms. The average molecular weight is 521 g/mol. The van der Waals surface area contributed by atoms with Crippen LogP contribution < -0.4 is 10.1 Å². The van der Waals surface area contributed by atoms with E-state index in [2.05, 4.69) is 40.8 Å². The van der Waals surface area contributed by atoms with Gasteiger partial charge in [0, 0.05) is 37.1 Å². The topological polar surface area (TPSA) is 86.6 Å². The summed E-state index contributed by atoms with van der Waals surface area (Å²) < 4.78 is 20.1. The van der Waals surface area contributed by atoms with Crippen molar-refractivity contribution < 1.29 is 14.2 Å². The van der Waals surface area contributed by atoms with Crippen LogP contribution in [0.3, 0.4) is 0 Å². The molecule has 2 bridgehead atoms. The van der Waals surface area contributed by atoms with Crippen molar-refractivity contribution in [3.63, 3.8) is 0 Å². The molecule has 3 fully saturated rings. The van der Waals surface area contributed by atoms with Gasteiger partial charge in [-0.3, -0.25) is 9.58 Å². The maximum atomic E-state index is 5.95. The van der Waals surface area contributed by atoms with E-state index >= 15 is 0 Å². The molecule has 1 aliphatic carbocycles. The van der Waals surface area contributed by atoms with Crippen LogP contribution in [0, 0.1) is 0 Å². The van der Waals surface area contributed by atoms with Gasteiger partial charge in [0.1, 0.15) is 12.3 Å². The van der Waals surface area contributed by atoms with Crippen molar-refractivity contribution in [1.82, 2.24) is 24.6 Å². The molecule has 1 N–H and O–H groups in total. The van der Waals surface area contributed by atoms with E-state index in [0.29, 0.717) is 55.8 Å². The van der Waals surface area contributed by atoms with Gasteiger partial charge in [0.05, 0.1) is 36.5 Å². The molecular weight excluding hydrogens is 488 g/mol. The molecule has 10 heteroatoms. The largest absolute Gasteiger partial charge is 0.473 e. The second kappa shape index (κ2) is 10.7. The minimum atomic E-state index is 0.371. The Morgan fingerprint density at radius 3 is 2.36 bits per heavy atom. The van der Waals surface area contributed by atoms with E-state index in [9.17, 15) is 0 Å². The summed E-state index contributed by atoms with van der Waals surface area (Å²) >= 11 is 3.38. The Balaban J connectivity index is 1.25. The molecule has 0 unspecified atom stereocenters. The van der Waals surface area contributed by atoms with Crippen LogP contribution in [0.2, 0.25) is 0 Å². The fraction of sp³-hybridized carbons (Fsp3) is 0.696. The second-order valence-electron chi connectivity index (χ2n) is 9.06. The van der Waals surface area contributed by atoms with Gasteiger partial charge >= 0.3 is 0 Å². The molecule has 5 rings (SSSR count). The summed E-state index contributed by atoms with van der Waals surface area (Å²) in [6, 6.07) is 2.30. The van der Waals surface area contributed by atoms with Gasteiger partial charge in [0.25, 0.3) is 5.88 Å². The molecule has 3 aliphatic rings. The molecule has 2 aromatic heterocycles. The van der Waals surface area contributed by atoms with Crippen molar-refractivity contribution in [1.29, 1.82) is 0 Å². The normalized spacial score (nSPS) is 27.6. The Hall–Kier alpha value is -1.75. The number of aromatic nitrogens is 4. The smallest absolute Gasteiger partial charge is 0.257 e. The predicted molar refractivity (Wildman–Crippen MR) is 128 cm³/mol. The van der Waals surface area contributed by atoms with Gasteiger partial charge in [-0.2, -0.15) is 0 Å². The highest BCUT2D eigenvalue weighted by Gasteiger charge is 2.42. The molecule has 2 saturated heterocycles. The molecule has 0 aromatic carbocycles. The molecule has 180 valence electrons. The summed E-state index contributed by atoms with van der Waals surface area (Å²) in [6.45, 7) is 5.45. The zero-order chi connectivity index (χ0) is 22.6. The number of hydrogen-bond acceptors (Lipinski definition) is 8. The van der Waals surface area contributed by atoms with E-state index in [-0.39, 0.29) is 0 Å². The Morgan fingerprint density at radius 1 is 1.00 bits per heavy atom. The Labute approximate surface area is 203 Å². The van der Waals surface area contributed by atoms with Gasteiger partial charge in [-0.25, -0.2) is 9.97 Å². The van der Waals surface area contributed by atoms with E-state index in [1.54, 1.807) is 12.4 Å². The van der Waals surface area contributed by atoms with Gasteiger partial charge in [0.15, 0.2) is 0 Å². The lowest BCUT2D eigenvalue weighted by Crippen LogP contribution is -2.52. The van der Waals surface area contributed by atoms with Gasteiger partial charge in [-0.15, -0.1) is 5.10 Å². The number of nitrogens with one attached hydrogen (secondary N) is 1. The highest BCUT2D eigenvalue weighted by Crippen LogP contribution is 2.39. The molecule has 0 radical (unpaired) electrons. The van der Waals surface area contributed by atoms with Crippen LogP contribution in [0.1, 0.15) is 51.5 Å². The van der Waals surface area contributed by atoms with Gasteiger partial charge in [-0.05, 0) is 61.4 Å². The number of fused-ring (bicyclic) bond motifs is 2. The van der Waals surface area contributed by atoms with Crippen LogP contribution >= 0.6 is 15.9 Å². The molecule has 2 aromatic rings. The molecule has 33 heavy (non-hydrogen) atoms. The first-order valence-corrected chi connectivity index (χ1v) is 12.9. The molecule has 2 atom stereocenters. The van der Waals surface area contributed by atoms with Crippen molar-refractivity contribution >= 4 is 27.6 Å². The van der Waals surface area contributed by atoms with Crippen molar-refractivity contribution in [3.8, 4) is 5.88 Å². The van der Waals surface area contributed by atoms with E-state index in [0.717, 1.165) is 36.2 Å². The van der Waals surface area contributed by atoms with Crippen LogP contribution in [-0.4, -0.2) is 75.8 Å². The molecular formula is C23H33BrN6O3. The highest BCUT2D eigenvalue weighted by atomic mass is 79.9. The summed E-state index contributed by atoms with van der Waals surface area (Å²) in [5.74, 6) is 1.08. The van der Waals surface area contributed by atoms with E-state index in [4.69, 9.17) is 19.3 Å². The standard InChI is InChI=1S/C23H33BrN6O3/c1-2-31-9-10-33-22-21(27-23-25-11-16(24)12-26-23)13-29(28-22)17-3-5-18(6-4-17)30-19-7-8-20(30)15-32-14-19/h11-13,17-20H,2-10,14-15H2,1H3,(H,25,26,27)/t17?,18?,19-,20+. The summed E-state index contributed by atoms with van der Waals surface area (Å²) in [7, 11) is 0. The fourth-order valence-corrected chi connectivity index (χ4v) is 5.68. The highest BCUT2D eigenvalue weighted by molar-refractivity contribution is 9.10. The second-order valence-corrected chi connectivity index (χ2v) is 9.97. The Kier molecular flexibility index (Phi) is 7.44. The van der Waals surface area contributed by atoms with Crippen molar-refractivity contribution in [2.75, 3.05) is 38.4 Å². The zero-order valence-corrected chi connectivity index (χ0v) is 20.7. The van der Waals surface area contributed by atoms with Gasteiger partial charge in [-0.1, -0.05) is 0 Å². The van der Waals surface area contributed by atoms with Crippen molar-refractivity contribution in [2.24, 2.45) is 0 Å².